The fourth-order valence-electron chi connectivity index (χ4n) is 2.77. The standard InChI is InChI=1S/C16H22F2N2O/c1-2-8-20(11-12-4-3-7-19-10-12)16(21)14-6-5-13(17)9-15(14)18/h5-6,9,12,19H,2-4,7-8,10-11H2,1H3. The van der Waals surface area contributed by atoms with Crippen molar-refractivity contribution in [3.63, 3.8) is 0 Å². The van der Waals surface area contributed by atoms with Crippen LogP contribution >= 0.6 is 0 Å². The maximum atomic E-state index is 13.8. The third kappa shape index (κ3) is 4.24. The summed E-state index contributed by atoms with van der Waals surface area (Å²) in [7, 11) is 0. The van der Waals surface area contributed by atoms with E-state index in [1.165, 1.54) is 6.07 Å². The second kappa shape index (κ2) is 7.50. The maximum absolute atomic E-state index is 13.8. The minimum Gasteiger partial charge on any atom is -0.338 e. The first-order chi connectivity index (χ1) is 10.1. The number of carbonyl (C=O) groups is 1. The van der Waals surface area contributed by atoms with Gasteiger partial charge in [0.2, 0.25) is 0 Å². The molecular weight excluding hydrogens is 274 g/mol. The lowest BCUT2D eigenvalue weighted by molar-refractivity contribution is 0.0714. The van der Waals surface area contributed by atoms with Gasteiger partial charge in [-0.05, 0) is 50.4 Å². The molecule has 0 aromatic heterocycles. The minimum absolute atomic E-state index is 0.0476. The molecule has 1 aliphatic rings. The van der Waals surface area contributed by atoms with Crippen LogP contribution in [0.4, 0.5) is 8.78 Å². The van der Waals surface area contributed by atoms with E-state index in [9.17, 15) is 13.6 Å². The van der Waals surface area contributed by atoms with E-state index in [1.807, 2.05) is 6.92 Å². The van der Waals surface area contributed by atoms with Gasteiger partial charge in [-0.1, -0.05) is 6.92 Å². The Morgan fingerprint density at radius 2 is 2.24 bits per heavy atom. The van der Waals surface area contributed by atoms with Gasteiger partial charge < -0.3 is 10.2 Å². The third-order valence-electron chi connectivity index (χ3n) is 3.82. The van der Waals surface area contributed by atoms with Gasteiger partial charge in [-0.15, -0.1) is 0 Å². The number of hydrogen-bond acceptors (Lipinski definition) is 2. The number of hydrogen-bond donors (Lipinski definition) is 1. The third-order valence-corrected chi connectivity index (χ3v) is 3.82. The Morgan fingerprint density at radius 1 is 1.43 bits per heavy atom. The number of amides is 1. The first kappa shape index (κ1) is 15.9. The molecule has 0 saturated carbocycles. The van der Waals surface area contributed by atoms with Crippen molar-refractivity contribution in [1.29, 1.82) is 0 Å². The van der Waals surface area contributed by atoms with Gasteiger partial charge in [-0.25, -0.2) is 8.78 Å². The van der Waals surface area contributed by atoms with Crippen LogP contribution in [0, 0.1) is 17.6 Å². The number of halogens is 2. The summed E-state index contributed by atoms with van der Waals surface area (Å²) >= 11 is 0. The average Bonchev–Trinajstić information content (AvgIpc) is 2.47. The van der Waals surface area contributed by atoms with Gasteiger partial charge in [0, 0.05) is 19.2 Å². The van der Waals surface area contributed by atoms with Crippen molar-refractivity contribution >= 4 is 5.91 Å². The Bertz CT molecular complexity index is 487. The molecule has 1 atom stereocenters. The highest BCUT2D eigenvalue weighted by Crippen LogP contribution is 2.17. The van der Waals surface area contributed by atoms with E-state index in [-0.39, 0.29) is 11.5 Å². The summed E-state index contributed by atoms with van der Waals surface area (Å²) in [5, 5.41) is 3.32. The minimum atomic E-state index is -0.789. The summed E-state index contributed by atoms with van der Waals surface area (Å²) in [4.78, 5) is 14.2. The van der Waals surface area contributed by atoms with E-state index < -0.39 is 11.6 Å². The molecule has 1 amide bonds. The van der Waals surface area contributed by atoms with Crippen molar-refractivity contribution in [3.8, 4) is 0 Å². The van der Waals surface area contributed by atoms with Gasteiger partial charge in [0.15, 0.2) is 0 Å². The molecule has 21 heavy (non-hydrogen) atoms. The Balaban J connectivity index is 2.10. The van der Waals surface area contributed by atoms with E-state index in [4.69, 9.17) is 0 Å². The van der Waals surface area contributed by atoms with E-state index in [0.717, 1.165) is 44.5 Å². The molecule has 1 fully saturated rings. The van der Waals surface area contributed by atoms with Crippen LogP contribution in [0.3, 0.4) is 0 Å². The van der Waals surface area contributed by atoms with E-state index in [1.54, 1.807) is 4.90 Å². The molecule has 0 aliphatic carbocycles. The quantitative estimate of drug-likeness (QED) is 0.906. The molecule has 0 bridgehead atoms. The van der Waals surface area contributed by atoms with Gasteiger partial charge in [0.25, 0.3) is 5.91 Å². The smallest absolute Gasteiger partial charge is 0.256 e. The van der Waals surface area contributed by atoms with Crippen LogP contribution < -0.4 is 5.32 Å². The van der Waals surface area contributed by atoms with Crippen LogP contribution in [0.2, 0.25) is 0 Å². The summed E-state index contributed by atoms with van der Waals surface area (Å²) in [5.74, 6) is -1.40. The van der Waals surface area contributed by atoms with E-state index in [2.05, 4.69) is 5.32 Å². The van der Waals surface area contributed by atoms with Crippen molar-refractivity contribution in [1.82, 2.24) is 10.2 Å². The van der Waals surface area contributed by atoms with Crippen molar-refractivity contribution in [3.05, 3.63) is 35.4 Å². The van der Waals surface area contributed by atoms with Crippen LogP contribution in [0.1, 0.15) is 36.5 Å². The highest BCUT2D eigenvalue weighted by atomic mass is 19.1. The molecule has 3 nitrogen and oxygen atoms in total. The highest BCUT2D eigenvalue weighted by Gasteiger charge is 2.23. The predicted octanol–water partition coefficient (Wildman–Crippen LogP) is 2.82. The highest BCUT2D eigenvalue weighted by molar-refractivity contribution is 5.94. The van der Waals surface area contributed by atoms with Crippen LogP contribution in [0.5, 0.6) is 0 Å². The van der Waals surface area contributed by atoms with Crippen molar-refractivity contribution in [2.24, 2.45) is 5.92 Å². The largest absolute Gasteiger partial charge is 0.338 e. The van der Waals surface area contributed by atoms with Gasteiger partial charge in [0.05, 0.1) is 5.56 Å². The molecule has 1 unspecified atom stereocenters. The monoisotopic (exact) mass is 296 g/mol. The van der Waals surface area contributed by atoms with Gasteiger partial charge in [0.1, 0.15) is 11.6 Å². The first-order valence-corrected chi connectivity index (χ1v) is 7.57. The molecule has 1 aliphatic heterocycles. The molecule has 2 rings (SSSR count). The molecule has 1 saturated heterocycles. The molecule has 1 aromatic carbocycles. The topological polar surface area (TPSA) is 32.3 Å². The zero-order valence-electron chi connectivity index (χ0n) is 12.4. The lowest BCUT2D eigenvalue weighted by Gasteiger charge is -2.30. The Kier molecular flexibility index (Phi) is 5.67. The summed E-state index contributed by atoms with van der Waals surface area (Å²) in [6.07, 6.45) is 2.99. The Labute approximate surface area is 124 Å². The Morgan fingerprint density at radius 3 is 2.86 bits per heavy atom. The number of nitrogens with zero attached hydrogens (tertiary/aromatic N) is 1. The van der Waals surface area contributed by atoms with E-state index in [0.29, 0.717) is 19.0 Å². The maximum Gasteiger partial charge on any atom is 0.256 e. The predicted molar refractivity (Wildman–Crippen MR) is 78.1 cm³/mol. The van der Waals surface area contributed by atoms with Crippen LogP contribution in [-0.4, -0.2) is 37.0 Å². The zero-order chi connectivity index (χ0) is 15.2. The molecule has 1 N–H and O–H groups in total. The second-order valence-electron chi connectivity index (χ2n) is 5.59. The van der Waals surface area contributed by atoms with Crippen molar-refractivity contribution in [2.75, 3.05) is 26.2 Å². The van der Waals surface area contributed by atoms with Crippen LogP contribution in [0.25, 0.3) is 0 Å². The number of piperidine rings is 1. The average molecular weight is 296 g/mol. The molecule has 0 spiro atoms. The number of rotatable bonds is 5. The van der Waals surface area contributed by atoms with Gasteiger partial charge in [-0.2, -0.15) is 0 Å². The van der Waals surface area contributed by atoms with Gasteiger partial charge in [-0.3, -0.25) is 4.79 Å². The van der Waals surface area contributed by atoms with Crippen molar-refractivity contribution in [2.45, 2.75) is 26.2 Å². The normalized spacial score (nSPS) is 18.5. The lowest BCUT2D eigenvalue weighted by atomic mass is 9.98. The fraction of sp³-hybridized carbons (Fsp3) is 0.562. The van der Waals surface area contributed by atoms with Gasteiger partial charge >= 0.3 is 0 Å². The number of benzene rings is 1. The fourth-order valence-corrected chi connectivity index (χ4v) is 2.77. The summed E-state index contributed by atoms with van der Waals surface area (Å²) in [5.41, 5.74) is -0.0476. The molecule has 5 heteroatoms. The molecule has 0 radical (unpaired) electrons. The lowest BCUT2D eigenvalue weighted by Crippen LogP contribution is -2.41. The van der Waals surface area contributed by atoms with Crippen LogP contribution in [0.15, 0.2) is 18.2 Å². The number of carbonyl (C=O) groups excluding carboxylic acids is 1. The SMILES string of the molecule is CCCN(CC1CCCNC1)C(=O)c1ccc(F)cc1F. The van der Waals surface area contributed by atoms with E-state index >= 15 is 0 Å². The molecule has 116 valence electrons. The van der Waals surface area contributed by atoms with Crippen LogP contribution in [-0.2, 0) is 0 Å². The first-order valence-electron chi connectivity index (χ1n) is 7.57. The second-order valence-corrected chi connectivity index (χ2v) is 5.59. The summed E-state index contributed by atoms with van der Waals surface area (Å²) in [6, 6.07) is 3.12. The zero-order valence-corrected chi connectivity index (χ0v) is 12.4. The molecular formula is C16H22F2N2O. The number of nitrogens with one attached hydrogen (secondary N) is 1. The summed E-state index contributed by atoms with van der Waals surface area (Å²) < 4.78 is 26.7. The van der Waals surface area contributed by atoms with Crippen molar-refractivity contribution < 1.29 is 13.6 Å². The summed E-state index contributed by atoms with van der Waals surface area (Å²) in [6.45, 7) is 5.10. The molecule has 1 aromatic rings. The molecule has 1 heterocycles. The Hall–Kier alpha value is -1.49.